The molecule has 1 saturated heterocycles. The molecule has 0 aromatic carbocycles. The summed E-state index contributed by atoms with van der Waals surface area (Å²) in [5.74, 6) is 0. The number of rotatable bonds is 0. The molecule has 0 bridgehead atoms. The molecule has 2 nitrogen and oxygen atoms in total. The summed E-state index contributed by atoms with van der Waals surface area (Å²) in [6, 6.07) is 0. The van der Waals surface area contributed by atoms with Crippen molar-refractivity contribution in [1.82, 2.24) is 0 Å². The maximum absolute atomic E-state index is 4.96. The van der Waals surface area contributed by atoms with Gasteiger partial charge < -0.3 is 9.47 Å². The molecule has 5 heteroatoms. The van der Waals surface area contributed by atoms with E-state index >= 15 is 0 Å². The largest absolute Gasteiger partial charge is 0.377 e. The van der Waals surface area contributed by atoms with Gasteiger partial charge in [-0.3, -0.25) is 0 Å². The second kappa shape index (κ2) is 8.62. The Balaban J connectivity index is 0.000000187. The zero-order valence-corrected chi connectivity index (χ0v) is 8.12. The number of hydrogen-bond acceptors (Lipinski definition) is 2. The third-order valence-corrected chi connectivity index (χ3v) is 1.49. The summed E-state index contributed by atoms with van der Waals surface area (Å²) in [5.41, 5.74) is 1.09. The van der Waals surface area contributed by atoms with Gasteiger partial charge in [0.05, 0.1) is 26.4 Å². The van der Waals surface area contributed by atoms with Crippen molar-refractivity contribution >= 4 is 34.8 Å². The molecule has 1 aliphatic heterocycles. The first kappa shape index (κ1) is 11.5. The molecule has 1 aliphatic rings. The second-order valence-electron chi connectivity index (χ2n) is 1.62. The van der Waals surface area contributed by atoms with Gasteiger partial charge in [-0.15, -0.1) is 0 Å². The van der Waals surface area contributed by atoms with Gasteiger partial charge in [0.15, 0.2) is 0 Å². The lowest BCUT2D eigenvalue weighted by molar-refractivity contribution is -0.0334. The highest BCUT2D eigenvalue weighted by atomic mass is 35.5. The third kappa shape index (κ3) is 10.5. The van der Waals surface area contributed by atoms with Crippen molar-refractivity contribution in [2.75, 3.05) is 26.4 Å². The van der Waals surface area contributed by atoms with E-state index in [0.29, 0.717) is 0 Å². The Kier molecular flexibility index (Phi) is 9.04. The molecular weight excluding hydrogens is 210 g/mol. The highest BCUT2D eigenvalue weighted by Gasteiger charge is 1.94. The van der Waals surface area contributed by atoms with Gasteiger partial charge in [-0.1, -0.05) is 34.8 Å². The molecule has 1 fully saturated rings. The molecule has 0 aromatic rings. The standard InChI is InChI=1S/C4H8O2.C2HCl3/c1-2-6-4-3-5-1;3-1-2(4)5/h1-4H2;1H. The van der Waals surface area contributed by atoms with Gasteiger partial charge in [-0.05, 0) is 0 Å². The summed E-state index contributed by atoms with van der Waals surface area (Å²) in [5, 5.41) is 0. The summed E-state index contributed by atoms with van der Waals surface area (Å²) >= 11 is 14.8. The van der Waals surface area contributed by atoms with Gasteiger partial charge in [0.1, 0.15) is 4.49 Å². The molecule has 0 aliphatic carbocycles. The number of ether oxygens (including phenoxy) is 2. The molecule has 0 amide bonds. The minimum Gasteiger partial charge on any atom is -0.377 e. The fourth-order valence-corrected chi connectivity index (χ4v) is 0.440. The number of halogens is 3. The van der Waals surface area contributed by atoms with Crippen LogP contribution in [-0.2, 0) is 9.47 Å². The molecule has 66 valence electrons. The lowest BCUT2D eigenvalue weighted by Gasteiger charge is -2.09. The average molecular weight is 219 g/mol. The molecule has 0 N–H and O–H groups in total. The van der Waals surface area contributed by atoms with Crippen LogP contribution in [0.3, 0.4) is 0 Å². The van der Waals surface area contributed by atoms with Gasteiger partial charge in [0, 0.05) is 5.54 Å². The molecular formula is C6H9Cl3O2. The van der Waals surface area contributed by atoms with E-state index in [0.717, 1.165) is 32.0 Å². The van der Waals surface area contributed by atoms with E-state index in [1.54, 1.807) is 0 Å². The molecule has 1 rings (SSSR count). The molecule has 0 saturated carbocycles. The maximum atomic E-state index is 4.96. The zero-order chi connectivity index (χ0) is 8.53. The van der Waals surface area contributed by atoms with Gasteiger partial charge in [0.2, 0.25) is 0 Å². The summed E-state index contributed by atoms with van der Waals surface area (Å²) in [7, 11) is 0. The first-order valence-electron chi connectivity index (χ1n) is 3.04. The molecule has 0 aromatic heterocycles. The summed E-state index contributed by atoms with van der Waals surface area (Å²) in [6.45, 7) is 3.11. The van der Waals surface area contributed by atoms with E-state index < -0.39 is 0 Å². The Morgan fingerprint density at radius 3 is 1.36 bits per heavy atom. The van der Waals surface area contributed by atoms with E-state index in [9.17, 15) is 0 Å². The Labute approximate surface area is 81.0 Å². The topological polar surface area (TPSA) is 18.5 Å². The highest BCUT2D eigenvalue weighted by Crippen LogP contribution is 2.05. The predicted molar refractivity (Wildman–Crippen MR) is 47.3 cm³/mol. The van der Waals surface area contributed by atoms with E-state index in [1.165, 1.54) is 0 Å². The summed E-state index contributed by atoms with van der Waals surface area (Å²) in [6.07, 6.45) is 0. The SMILES string of the molecule is C1COCCO1.ClC=C(Cl)Cl. The van der Waals surface area contributed by atoms with E-state index in [1.807, 2.05) is 0 Å². The molecule has 0 radical (unpaired) electrons. The van der Waals surface area contributed by atoms with E-state index in [-0.39, 0.29) is 4.49 Å². The van der Waals surface area contributed by atoms with Crippen LogP contribution in [0.4, 0.5) is 0 Å². The van der Waals surface area contributed by atoms with Gasteiger partial charge in [-0.25, -0.2) is 0 Å². The van der Waals surface area contributed by atoms with Crippen LogP contribution in [0.5, 0.6) is 0 Å². The van der Waals surface area contributed by atoms with E-state index in [2.05, 4.69) is 0 Å². The third-order valence-electron chi connectivity index (χ3n) is 0.826. The lowest BCUT2D eigenvalue weighted by Crippen LogP contribution is -2.16. The molecule has 11 heavy (non-hydrogen) atoms. The van der Waals surface area contributed by atoms with Gasteiger partial charge in [-0.2, -0.15) is 0 Å². The highest BCUT2D eigenvalue weighted by molar-refractivity contribution is 6.58. The minimum atomic E-state index is 0.0895. The van der Waals surface area contributed by atoms with Crippen LogP contribution in [0, 0.1) is 0 Å². The average Bonchev–Trinajstić information content (AvgIpc) is 2.09. The van der Waals surface area contributed by atoms with Gasteiger partial charge in [0.25, 0.3) is 0 Å². The van der Waals surface area contributed by atoms with Crippen molar-refractivity contribution < 1.29 is 9.47 Å². The molecule has 1 heterocycles. The number of hydrogen-bond donors (Lipinski definition) is 0. The minimum absolute atomic E-state index is 0.0895. The maximum Gasteiger partial charge on any atom is 0.118 e. The fraction of sp³-hybridized carbons (Fsp3) is 0.667. The monoisotopic (exact) mass is 218 g/mol. The van der Waals surface area contributed by atoms with Crippen molar-refractivity contribution in [3.63, 3.8) is 0 Å². The van der Waals surface area contributed by atoms with Crippen molar-refractivity contribution in [1.29, 1.82) is 0 Å². The predicted octanol–water partition coefficient (Wildman–Crippen LogP) is 2.53. The normalized spacial score (nSPS) is 16.3. The van der Waals surface area contributed by atoms with Gasteiger partial charge >= 0.3 is 0 Å². The molecule has 0 atom stereocenters. The van der Waals surface area contributed by atoms with Crippen molar-refractivity contribution in [3.05, 3.63) is 10.0 Å². The zero-order valence-electron chi connectivity index (χ0n) is 5.86. The second-order valence-corrected chi connectivity index (χ2v) is 2.85. The van der Waals surface area contributed by atoms with E-state index in [4.69, 9.17) is 44.3 Å². The Bertz CT molecular complexity index is 96.9. The van der Waals surface area contributed by atoms with Crippen molar-refractivity contribution in [2.24, 2.45) is 0 Å². The smallest absolute Gasteiger partial charge is 0.118 e. The Morgan fingerprint density at radius 1 is 1.00 bits per heavy atom. The van der Waals surface area contributed by atoms with Crippen LogP contribution in [0.15, 0.2) is 10.0 Å². The van der Waals surface area contributed by atoms with Crippen molar-refractivity contribution in [3.8, 4) is 0 Å². The van der Waals surface area contributed by atoms with Crippen LogP contribution < -0.4 is 0 Å². The van der Waals surface area contributed by atoms with Crippen LogP contribution >= 0.6 is 34.8 Å². The first-order chi connectivity index (χ1) is 5.27. The van der Waals surface area contributed by atoms with Crippen LogP contribution in [0.1, 0.15) is 0 Å². The lowest BCUT2D eigenvalue weighted by atomic mass is 10.6. The fourth-order valence-electron chi connectivity index (χ4n) is 0.440. The Hall–Kier alpha value is 0.530. The van der Waals surface area contributed by atoms with Crippen molar-refractivity contribution in [2.45, 2.75) is 0 Å². The molecule has 0 spiro atoms. The van der Waals surface area contributed by atoms with Crippen LogP contribution in [-0.4, -0.2) is 26.4 Å². The van der Waals surface area contributed by atoms with Crippen LogP contribution in [0.25, 0.3) is 0 Å². The quantitative estimate of drug-likeness (QED) is 0.623. The Morgan fingerprint density at radius 2 is 1.27 bits per heavy atom. The van der Waals surface area contributed by atoms with Crippen LogP contribution in [0.2, 0.25) is 0 Å². The first-order valence-corrected chi connectivity index (χ1v) is 4.23. The molecule has 0 unspecified atom stereocenters. The summed E-state index contributed by atoms with van der Waals surface area (Å²) < 4.78 is 9.98. The summed E-state index contributed by atoms with van der Waals surface area (Å²) in [4.78, 5) is 0.